The average Bonchev–Trinajstić information content (AvgIpc) is 2.66. The Morgan fingerprint density at radius 2 is 1.76 bits per heavy atom. The van der Waals surface area contributed by atoms with Gasteiger partial charge in [0.25, 0.3) is 0 Å². The maximum atomic E-state index is 11.6. The van der Waals surface area contributed by atoms with Crippen LogP contribution in [-0.4, -0.2) is 26.3 Å². The third kappa shape index (κ3) is 5.22. The summed E-state index contributed by atoms with van der Waals surface area (Å²) in [4.78, 5) is 11.6. The standard InChI is InChI=1S/C20H24O5/c1-14(25-15(2)20(21)23-4)18-12-17(10-11-19(18)22-3)24-13-16-8-6-5-7-9-16/h5-12,14-15H,13H2,1-4H3/t14?,15-/m1/s1. The molecule has 5 nitrogen and oxygen atoms in total. The van der Waals surface area contributed by atoms with Crippen molar-refractivity contribution in [1.29, 1.82) is 0 Å². The fraction of sp³-hybridized carbons (Fsp3) is 0.350. The van der Waals surface area contributed by atoms with Gasteiger partial charge in [0.1, 0.15) is 18.1 Å². The lowest BCUT2D eigenvalue weighted by Crippen LogP contribution is -2.23. The molecular formula is C20H24O5. The zero-order chi connectivity index (χ0) is 18.2. The molecule has 2 aromatic rings. The van der Waals surface area contributed by atoms with E-state index >= 15 is 0 Å². The van der Waals surface area contributed by atoms with E-state index in [9.17, 15) is 4.79 Å². The number of hydrogen-bond acceptors (Lipinski definition) is 5. The van der Waals surface area contributed by atoms with Gasteiger partial charge in [0.15, 0.2) is 6.10 Å². The maximum absolute atomic E-state index is 11.6. The molecule has 1 unspecified atom stereocenters. The summed E-state index contributed by atoms with van der Waals surface area (Å²) in [5.74, 6) is 0.972. The molecule has 5 heteroatoms. The Bertz CT molecular complexity index is 684. The number of carbonyl (C=O) groups excluding carboxylic acids is 1. The second-order valence-corrected chi connectivity index (χ2v) is 5.62. The van der Waals surface area contributed by atoms with Gasteiger partial charge in [0.2, 0.25) is 0 Å². The van der Waals surface area contributed by atoms with Crippen molar-refractivity contribution in [3.8, 4) is 11.5 Å². The highest BCUT2D eigenvalue weighted by atomic mass is 16.6. The Kier molecular flexibility index (Phi) is 6.83. The van der Waals surface area contributed by atoms with Crippen molar-refractivity contribution < 1.29 is 23.7 Å². The Morgan fingerprint density at radius 1 is 1.04 bits per heavy atom. The second kappa shape index (κ2) is 9.08. The zero-order valence-corrected chi connectivity index (χ0v) is 15.0. The fourth-order valence-electron chi connectivity index (χ4n) is 2.46. The van der Waals surface area contributed by atoms with Crippen molar-refractivity contribution in [3.05, 3.63) is 59.7 Å². The number of esters is 1. The topological polar surface area (TPSA) is 54.0 Å². The van der Waals surface area contributed by atoms with E-state index in [-0.39, 0.29) is 6.10 Å². The average molecular weight is 344 g/mol. The second-order valence-electron chi connectivity index (χ2n) is 5.62. The highest BCUT2D eigenvalue weighted by Crippen LogP contribution is 2.32. The predicted octanol–water partition coefficient (Wildman–Crippen LogP) is 3.91. The lowest BCUT2D eigenvalue weighted by Gasteiger charge is -2.20. The first-order chi connectivity index (χ1) is 12.0. The first kappa shape index (κ1) is 18.8. The fourth-order valence-corrected chi connectivity index (χ4v) is 2.46. The number of methoxy groups -OCH3 is 2. The van der Waals surface area contributed by atoms with E-state index < -0.39 is 12.1 Å². The van der Waals surface area contributed by atoms with Crippen molar-refractivity contribution in [2.75, 3.05) is 14.2 Å². The third-order valence-electron chi connectivity index (χ3n) is 3.83. The molecule has 0 saturated carbocycles. The van der Waals surface area contributed by atoms with Crippen LogP contribution >= 0.6 is 0 Å². The van der Waals surface area contributed by atoms with Crippen molar-refractivity contribution in [2.45, 2.75) is 32.7 Å². The highest BCUT2D eigenvalue weighted by molar-refractivity contribution is 5.74. The van der Waals surface area contributed by atoms with E-state index in [2.05, 4.69) is 0 Å². The SMILES string of the molecule is COC(=O)[C@@H](C)OC(C)c1cc(OCc2ccccc2)ccc1OC. The Balaban J connectivity index is 2.11. The van der Waals surface area contributed by atoms with Gasteiger partial charge in [0, 0.05) is 5.56 Å². The minimum atomic E-state index is -0.668. The summed E-state index contributed by atoms with van der Waals surface area (Å²) < 4.78 is 21.7. The summed E-state index contributed by atoms with van der Waals surface area (Å²) in [6.45, 7) is 3.99. The number of benzene rings is 2. The van der Waals surface area contributed by atoms with Gasteiger partial charge >= 0.3 is 5.97 Å². The number of ether oxygens (including phenoxy) is 4. The molecule has 134 valence electrons. The van der Waals surface area contributed by atoms with Crippen molar-refractivity contribution in [2.24, 2.45) is 0 Å². The first-order valence-electron chi connectivity index (χ1n) is 8.13. The summed E-state index contributed by atoms with van der Waals surface area (Å²) in [5.41, 5.74) is 1.90. The molecule has 0 fully saturated rings. The molecule has 0 aliphatic heterocycles. The van der Waals surface area contributed by atoms with E-state index in [1.807, 2.05) is 55.5 Å². The molecule has 2 aromatic carbocycles. The molecule has 0 bridgehead atoms. The van der Waals surface area contributed by atoms with Gasteiger partial charge in [-0.05, 0) is 37.6 Å². The van der Waals surface area contributed by atoms with Gasteiger partial charge in [-0.2, -0.15) is 0 Å². The molecule has 0 spiro atoms. The van der Waals surface area contributed by atoms with Gasteiger partial charge in [-0.15, -0.1) is 0 Å². The van der Waals surface area contributed by atoms with Crippen molar-refractivity contribution in [1.82, 2.24) is 0 Å². The lowest BCUT2D eigenvalue weighted by atomic mass is 10.1. The molecule has 0 radical (unpaired) electrons. The molecule has 2 rings (SSSR count). The minimum Gasteiger partial charge on any atom is -0.496 e. The minimum absolute atomic E-state index is 0.357. The largest absolute Gasteiger partial charge is 0.496 e. The van der Waals surface area contributed by atoms with Crippen LogP contribution in [-0.2, 0) is 20.9 Å². The zero-order valence-electron chi connectivity index (χ0n) is 15.0. The van der Waals surface area contributed by atoms with Gasteiger partial charge in [-0.25, -0.2) is 4.79 Å². The molecular weight excluding hydrogens is 320 g/mol. The van der Waals surface area contributed by atoms with E-state index in [0.29, 0.717) is 18.1 Å². The van der Waals surface area contributed by atoms with E-state index in [4.69, 9.17) is 18.9 Å². The molecule has 0 saturated heterocycles. The van der Waals surface area contributed by atoms with E-state index in [1.165, 1.54) is 7.11 Å². The number of hydrogen-bond donors (Lipinski definition) is 0. The number of carbonyl (C=O) groups is 1. The smallest absolute Gasteiger partial charge is 0.334 e. The summed E-state index contributed by atoms with van der Waals surface area (Å²) in [6.07, 6.45) is -1.03. The Hall–Kier alpha value is -2.53. The normalized spacial score (nSPS) is 13.0. The van der Waals surface area contributed by atoms with Gasteiger partial charge in [-0.3, -0.25) is 0 Å². The molecule has 0 aromatic heterocycles. The van der Waals surface area contributed by atoms with Crippen LogP contribution in [0.1, 0.15) is 31.1 Å². The van der Waals surface area contributed by atoms with Crippen LogP contribution in [0.4, 0.5) is 0 Å². The summed E-state index contributed by atoms with van der Waals surface area (Å²) in [5, 5.41) is 0. The summed E-state index contributed by atoms with van der Waals surface area (Å²) >= 11 is 0. The number of rotatable bonds is 8. The highest BCUT2D eigenvalue weighted by Gasteiger charge is 2.21. The van der Waals surface area contributed by atoms with Crippen LogP contribution in [0.5, 0.6) is 11.5 Å². The third-order valence-corrected chi connectivity index (χ3v) is 3.83. The van der Waals surface area contributed by atoms with E-state index in [0.717, 1.165) is 11.1 Å². The monoisotopic (exact) mass is 344 g/mol. The van der Waals surface area contributed by atoms with Crippen molar-refractivity contribution >= 4 is 5.97 Å². The van der Waals surface area contributed by atoms with Crippen LogP contribution in [0.3, 0.4) is 0 Å². The Morgan fingerprint density at radius 3 is 2.40 bits per heavy atom. The van der Waals surface area contributed by atoms with Crippen LogP contribution in [0.2, 0.25) is 0 Å². The van der Waals surface area contributed by atoms with Crippen LogP contribution in [0, 0.1) is 0 Å². The molecule has 2 atom stereocenters. The van der Waals surface area contributed by atoms with Crippen LogP contribution in [0.25, 0.3) is 0 Å². The van der Waals surface area contributed by atoms with Gasteiger partial charge in [0.05, 0.1) is 20.3 Å². The van der Waals surface area contributed by atoms with Crippen LogP contribution < -0.4 is 9.47 Å². The van der Waals surface area contributed by atoms with Crippen LogP contribution in [0.15, 0.2) is 48.5 Å². The molecule has 0 N–H and O–H groups in total. The summed E-state index contributed by atoms with van der Waals surface area (Å²) in [7, 11) is 2.94. The molecule has 0 heterocycles. The quantitative estimate of drug-likeness (QED) is 0.680. The van der Waals surface area contributed by atoms with Gasteiger partial charge < -0.3 is 18.9 Å². The maximum Gasteiger partial charge on any atom is 0.334 e. The molecule has 0 aliphatic rings. The lowest BCUT2D eigenvalue weighted by molar-refractivity contribution is -0.156. The Labute approximate surface area is 148 Å². The molecule has 0 aliphatic carbocycles. The van der Waals surface area contributed by atoms with Crippen molar-refractivity contribution in [3.63, 3.8) is 0 Å². The molecule has 0 amide bonds. The van der Waals surface area contributed by atoms with Gasteiger partial charge in [-0.1, -0.05) is 30.3 Å². The first-order valence-corrected chi connectivity index (χ1v) is 8.13. The predicted molar refractivity (Wildman–Crippen MR) is 94.7 cm³/mol. The van der Waals surface area contributed by atoms with E-state index in [1.54, 1.807) is 14.0 Å². The molecule has 25 heavy (non-hydrogen) atoms. The summed E-state index contributed by atoms with van der Waals surface area (Å²) in [6, 6.07) is 15.5.